The van der Waals surface area contributed by atoms with Crippen LogP contribution in [0.4, 0.5) is 18.9 Å². The van der Waals surface area contributed by atoms with Crippen molar-refractivity contribution in [2.45, 2.75) is 38.9 Å². The molecular formula is C13H20F3N3. The molecular weight excluding hydrogens is 255 g/mol. The first-order chi connectivity index (χ1) is 8.81. The van der Waals surface area contributed by atoms with Crippen LogP contribution in [0.5, 0.6) is 0 Å². The van der Waals surface area contributed by atoms with Gasteiger partial charge in [0, 0.05) is 5.69 Å². The van der Waals surface area contributed by atoms with Gasteiger partial charge in [-0.1, -0.05) is 20.3 Å². The first-order valence-corrected chi connectivity index (χ1v) is 6.24. The second-order valence-electron chi connectivity index (χ2n) is 4.75. The minimum Gasteiger partial charge on any atom is -0.398 e. The summed E-state index contributed by atoms with van der Waals surface area (Å²) in [7, 11) is 0. The predicted molar refractivity (Wildman–Crippen MR) is 70.0 cm³/mol. The molecule has 0 aromatic heterocycles. The van der Waals surface area contributed by atoms with Crippen LogP contribution in [-0.2, 0) is 6.18 Å². The van der Waals surface area contributed by atoms with Gasteiger partial charge < -0.3 is 5.73 Å². The maximum Gasteiger partial charge on any atom is 0.416 e. The zero-order valence-corrected chi connectivity index (χ0v) is 11.1. The molecule has 2 atom stereocenters. The van der Waals surface area contributed by atoms with Crippen LogP contribution in [-0.4, -0.2) is 0 Å². The summed E-state index contributed by atoms with van der Waals surface area (Å²) in [6.45, 7) is 3.95. The quantitative estimate of drug-likeness (QED) is 0.439. The molecule has 0 aliphatic rings. The van der Waals surface area contributed by atoms with Gasteiger partial charge in [-0.3, -0.25) is 11.3 Å². The number of rotatable bonds is 5. The highest BCUT2D eigenvalue weighted by atomic mass is 19.4. The third-order valence-corrected chi connectivity index (χ3v) is 3.24. The minimum absolute atomic E-state index is 0.0979. The third kappa shape index (κ3) is 3.84. The fourth-order valence-corrected chi connectivity index (χ4v) is 2.20. The summed E-state index contributed by atoms with van der Waals surface area (Å²) in [6.07, 6.45) is -2.60. The number of anilines is 1. The Hall–Kier alpha value is -1.27. The van der Waals surface area contributed by atoms with Crippen LogP contribution < -0.4 is 17.0 Å². The number of benzene rings is 1. The van der Waals surface area contributed by atoms with Gasteiger partial charge in [0.25, 0.3) is 0 Å². The normalized spacial score (nSPS) is 15.3. The van der Waals surface area contributed by atoms with Crippen molar-refractivity contribution >= 4 is 5.69 Å². The minimum atomic E-state index is -4.38. The molecule has 3 nitrogen and oxygen atoms in total. The highest BCUT2D eigenvalue weighted by Crippen LogP contribution is 2.35. The van der Waals surface area contributed by atoms with E-state index in [-0.39, 0.29) is 12.0 Å². The summed E-state index contributed by atoms with van der Waals surface area (Å²) < 4.78 is 38.2. The monoisotopic (exact) mass is 275 g/mol. The molecule has 19 heavy (non-hydrogen) atoms. The first kappa shape index (κ1) is 15.8. The van der Waals surface area contributed by atoms with Gasteiger partial charge in [-0.15, -0.1) is 0 Å². The molecule has 0 saturated carbocycles. The average molecular weight is 275 g/mol. The second kappa shape index (κ2) is 6.25. The molecule has 0 radical (unpaired) electrons. The van der Waals surface area contributed by atoms with E-state index in [2.05, 4.69) is 5.43 Å². The Labute approximate surface area is 111 Å². The average Bonchev–Trinajstić information content (AvgIpc) is 2.31. The predicted octanol–water partition coefficient (Wildman–Crippen LogP) is 3.23. The van der Waals surface area contributed by atoms with Crippen molar-refractivity contribution < 1.29 is 13.2 Å². The molecule has 0 fully saturated rings. The van der Waals surface area contributed by atoms with Gasteiger partial charge in [-0.25, -0.2) is 0 Å². The molecule has 0 amide bonds. The fourth-order valence-electron chi connectivity index (χ4n) is 2.20. The van der Waals surface area contributed by atoms with E-state index >= 15 is 0 Å². The van der Waals surface area contributed by atoms with E-state index in [9.17, 15) is 13.2 Å². The van der Waals surface area contributed by atoms with Crippen LogP contribution in [0.1, 0.15) is 43.9 Å². The summed E-state index contributed by atoms with van der Waals surface area (Å²) >= 11 is 0. The highest BCUT2D eigenvalue weighted by Gasteiger charge is 2.32. The van der Waals surface area contributed by atoms with Gasteiger partial charge in [0.15, 0.2) is 0 Å². The van der Waals surface area contributed by atoms with Crippen LogP contribution in [0.2, 0.25) is 0 Å². The van der Waals surface area contributed by atoms with Crippen LogP contribution in [0.25, 0.3) is 0 Å². The van der Waals surface area contributed by atoms with Gasteiger partial charge in [0.2, 0.25) is 0 Å². The molecule has 0 spiro atoms. The van der Waals surface area contributed by atoms with E-state index in [1.54, 1.807) is 0 Å². The highest BCUT2D eigenvalue weighted by molar-refractivity contribution is 5.51. The van der Waals surface area contributed by atoms with Crippen molar-refractivity contribution in [2.75, 3.05) is 5.73 Å². The van der Waals surface area contributed by atoms with Crippen molar-refractivity contribution in [3.05, 3.63) is 29.3 Å². The molecule has 0 heterocycles. The number of nitrogens with two attached hydrogens (primary N) is 2. The molecule has 5 N–H and O–H groups in total. The number of hydrogen-bond acceptors (Lipinski definition) is 3. The van der Waals surface area contributed by atoms with Crippen LogP contribution in [0.15, 0.2) is 18.2 Å². The van der Waals surface area contributed by atoms with Gasteiger partial charge in [-0.05, 0) is 36.1 Å². The molecule has 1 rings (SSSR count). The van der Waals surface area contributed by atoms with Crippen molar-refractivity contribution in [1.82, 2.24) is 5.43 Å². The summed E-state index contributed by atoms with van der Waals surface area (Å²) in [5.74, 6) is 5.58. The van der Waals surface area contributed by atoms with E-state index in [1.807, 2.05) is 13.8 Å². The zero-order valence-electron chi connectivity index (χ0n) is 11.1. The van der Waals surface area contributed by atoms with Crippen LogP contribution in [0, 0.1) is 5.92 Å². The van der Waals surface area contributed by atoms with Gasteiger partial charge in [0.05, 0.1) is 11.6 Å². The Bertz CT molecular complexity index is 418. The fraction of sp³-hybridized carbons (Fsp3) is 0.538. The summed E-state index contributed by atoms with van der Waals surface area (Å²) in [6, 6.07) is 2.95. The molecule has 0 aliphatic heterocycles. The number of alkyl halides is 3. The topological polar surface area (TPSA) is 64.1 Å². The van der Waals surface area contributed by atoms with Gasteiger partial charge in [-0.2, -0.15) is 13.2 Å². The van der Waals surface area contributed by atoms with Crippen LogP contribution >= 0.6 is 0 Å². The molecule has 6 heteroatoms. The zero-order chi connectivity index (χ0) is 14.6. The van der Waals surface area contributed by atoms with Crippen molar-refractivity contribution in [3.63, 3.8) is 0 Å². The molecule has 1 aromatic carbocycles. The molecule has 0 aliphatic carbocycles. The van der Waals surface area contributed by atoms with E-state index < -0.39 is 11.7 Å². The third-order valence-electron chi connectivity index (χ3n) is 3.24. The maximum atomic E-state index is 12.7. The lowest BCUT2D eigenvalue weighted by molar-refractivity contribution is -0.137. The smallest absolute Gasteiger partial charge is 0.398 e. The summed E-state index contributed by atoms with van der Waals surface area (Å²) in [5.41, 5.74) is 8.37. The Morgan fingerprint density at radius 1 is 1.32 bits per heavy atom. The lowest BCUT2D eigenvalue weighted by atomic mass is 9.89. The van der Waals surface area contributed by atoms with E-state index in [0.717, 1.165) is 25.0 Å². The van der Waals surface area contributed by atoms with Gasteiger partial charge in [0.1, 0.15) is 0 Å². The molecule has 0 bridgehead atoms. The largest absolute Gasteiger partial charge is 0.416 e. The maximum absolute atomic E-state index is 12.7. The molecule has 2 unspecified atom stereocenters. The Morgan fingerprint density at radius 2 is 1.95 bits per heavy atom. The number of hydrogen-bond donors (Lipinski definition) is 3. The Kier molecular flexibility index (Phi) is 5.20. The van der Waals surface area contributed by atoms with Crippen molar-refractivity contribution in [2.24, 2.45) is 11.8 Å². The number of hydrazine groups is 1. The molecule has 1 aromatic rings. The number of halogens is 3. The molecule has 108 valence electrons. The SMILES string of the molecule is CCCC(C)C(NN)c1cc(C(F)(F)F)ccc1N. The summed E-state index contributed by atoms with van der Waals surface area (Å²) in [5, 5.41) is 0. The lowest BCUT2D eigenvalue weighted by Crippen LogP contribution is -2.33. The first-order valence-electron chi connectivity index (χ1n) is 6.24. The summed E-state index contributed by atoms with van der Waals surface area (Å²) in [4.78, 5) is 0. The van der Waals surface area contributed by atoms with Crippen molar-refractivity contribution in [3.8, 4) is 0 Å². The van der Waals surface area contributed by atoms with E-state index in [1.165, 1.54) is 6.07 Å². The molecule has 0 saturated heterocycles. The number of nitrogen functional groups attached to an aromatic ring is 1. The number of nitrogens with one attached hydrogen (secondary N) is 1. The standard InChI is InChI=1S/C13H20F3N3/c1-3-4-8(2)12(19-18)10-7-9(13(14,15)16)5-6-11(10)17/h5-8,12,19H,3-4,17-18H2,1-2H3. The van der Waals surface area contributed by atoms with Gasteiger partial charge >= 0.3 is 6.18 Å². The van der Waals surface area contributed by atoms with Crippen LogP contribution in [0.3, 0.4) is 0 Å². The second-order valence-corrected chi connectivity index (χ2v) is 4.75. The Morgan fingerprint density at radius 3 is 2.42 bits per heavy atom. The van der Waals surface area contributed by atoms with E-state index in [0.29, 0.717) is 11.3 Å². The van der Waals surface area contributed by atoms with Crippen molar-refractivity contribution in [1.29, 1.82) is 0 Å². The van der Waals surface area contributed by atoms with E-state index in [4.69, 9.17) is 11.6 Å². The Balaban J connectivity index is 3.16. The lowest BCUT2D eigenvalue weighted by Gasteiger charge is -2.25.